The van der Waals surface area contributed by atoms with Gasteiger partial charge in [0, 0.05) is 32.9 Å². The van der Waals surface area contributed by atoms with Gasteiger partial charge in [-0.2, -0.15) is 0 Å². The lowest BCUT2D eigenvalue weighted by molar-refractivity contribution is 0.242. The van der Waals surface area contributed by atoms with Crippen LogP contribution in [0.3, 0.4) is 0 Å². The number of aryl methyl sites for hydroxylation is 1. The zero-order valence-corrected chi connectivity index (χ0v) is 10.1. The van der Waals surface area contributed by atoms with Crippen LogP contribution in [-0.4, -0.2) is 58.5 Å². The van der Waals surface area contributed by atoms with Crippen LogP contribution in [0.25, 0.3) is 0 Å². The third-order valence-corrected chi connectivity index (χ3v) is 2.35. The molecule has 0 saturated heterocycles. The fourth-order valence-corrected chi connectivity index (χ4v) is 1.39. The molecule has 0 radical (unpaired) electrons. The van der Waals surface area contributed by atoms with Crippen LogP contribution < -0.4 is 0 Å². The third kappa shape index (κ3) is 4.40. The van der Waals surface area contributed by atoms with Crippen molar-refractivity contribution < 1.29 is 0 Å². The minimum absolute atomic E-state index is 0.887. The van der Waals surface area contributed by atoms with E-state index in [0.29, 0.717) is 0 Å². The van der Waals surface area contributed by atoms with E-state index in [1.165, 1.54) is 0 Å². The van der Waals surface area contributed by atoms with Gasteiger partial charge < -0.3 is 4.90 Å². The lowest BCUT2D eigenvalue weighted by Crippen LogP contribution is -2.31. The van der Waals surface area contributed by atoms with Crippen LogP contribution in [0.4, 0.5) is 0 Å². The molecule has 86 valence electrons. The average Bonchev–Trinajstić information content (AvgIpc) is 2.58. The molecule has 0 N–H and O–H groups in total. The zero-order chi connectivity index (χ0) is 11.3. The maximum atomic E-state index is 4.09. The maximum absolute atomic E-state index is 4.09. The Balaban J connectivity index is 2.39. The second-order valence-electron chi connectivity index (χ2n) is 4.06. The van der Waals surface area contributed by atoms with E-state index < -0.39 is 0 Å². The lowest BCUT2D eigenvalue weighted by atomic mass is 10.4. The molecule has 0 amide bonds. The van der Waals surface area contributed by atoms with Crippen molar-refractivity contribution in [1.29, 1.82) is 0 Å². The number of nitrogens with zero attached hydrogens (tertiary/aromatic N) is 5. The Hall–Kier alpha value is -0.940. The molecule has 1 heterocycles. The predicted octanol–water partition coefficient (Wildman–Crippen LogP) is 0.199. The summed E-state index contributed by atoms with van der Waals surface area (Å²) in [6, 6.07) is 0. The predicted molar refractivity (Wildman–Crippen MR) is 60.5 cm³/mol. The van der Waals surface area contributed by atoms with E-state index >= 15 is 0 Å². The fourth-order valence-electron chi connectivity index (χ4n) is 1.39. The van der Waals surface area contributed by atoms with Crippen LogP contribution in [0.2, 0.25) is 0 Å². The first-order chi connectivity index (χ1) is 7.11. The van der Waals surface area contributed by atoms with E-state index in [0.717, 1.165) is 31.9 Å². The Morgan fingerprint density at radius 3 is 2.53 bits per heavy atom. The molecule has 0 fully saturated rings. The summed E-state index contributed by atoms with van der Waals surface area (Å²) in [5.41, 5.74) is 1.04. The third-order valence-electron chi connectivity index (χ3n) is 2.35. The lowest BCUT2D eigenvalue weighted by Gasteiger charge is -2.21. The van der Waals surface area contributed by atoms with E-state index in [4.69, 9.17) is 0 Å². The first kappa shape index (κ1) is 12.1. The summed E-state index contributed by atoms with van der Waals surface area (Å²) < 4.78 is 1.75. The molecule has 15 heavy (non-hydrogen) atoms. The SMILES string of the molecule is CCN(CCN(C)C)Cc1cn(C)nn1. The van der Waals surface area contributed by atoms with Crippen molar-refractivity contribution >= 4 is 0 Å². The van der Waals surface area contributed by atoms with Gasteiger partial charge in [-0.3, -0.25) is 9.58 Å². The molecule has 1 rings (SSSR count). The number of hydrogen-bond donors (Lipinski definition) is 0. The summed E-state index contributed by atoms with van der Waals surface area (Å²) in [5, 5.41) is 8.02. The molecule has 0 bridgehead atoms. The molecule has 0 saturated carbocycles. The van der Waals surface area contributed by atoms with Crippen molar-refractivity contribution in [2.24, 2.45) is 7.05 Å². The minimum atomic E-state index is 0.887. The highest BCUT2D eigenvalue weighted by Gasteiger charge is 2.06. The van der Waals surface area contributed by atoms with Crippen molar-refractivity contribution in [3.8, 4) is 0 Å². The van der Waals surface area contributed by atoms with Gasteiger partial charge in [-0.15, -0.1) is 5.10 Å². The van der Waals surface area contributed by atoms with Crippen LogP contribution in [0.1, 0.15) is 12.6 Å². The van der Waals surface area contributed by atoms with E-state index in [9.17, 15) is 0 Å². The topological polar surface area (TPSA) is 37.2 Å². The number of rotatable bonds is 6. The van der Waals surface area contributed by atoms with Gasteiger partial charge >= 0.3 is 0 Å². The van der Waals surface area contributed by atoms with Gasteiger partial charge in [0.15, 0.2) is 0 Å². The standard InChI is InChI=1S/C10H21N5/c1-5-15(7-6-13(2)3)9-10-8-14(4)12-11-10/h8H,5-7,9H2,1-4H3. The summed E-state index contributed by atoms with van der Waals surface area (Å²) >= 11 is 0. The van der Waals surface area contributed by atoms with Gasteiger partial charge in [0.05, 0.1) is 5.69 Å². The second-order valence-corrected chi connectivity index (χ2v) is 4.06. The van der Waals surface area contributed by atoms with Crippen molar-refractivity contribution in [2.75, 3.05) is 33.7 Å². The largest absolute Gasteiger partial charge is 0.308 e. The highest BCUT2D eigenvalue weighted by atomic mass is 15.4. The zero-order valence-electron chi connectivity index (χ0n) is 10.1. The van der Waals surface area contributed by atoms with Gasteiger partial charge in [0.1, 0.15) is 0 Å². The number of likely N-dealkylation sites (N-methyl/N-ethyl adjacent to an activating group) is 2. The van der Waals surface area contributed by atoms with Gasteiger partial charge in [0.2, 0.25) is 0 Å². The van der Waals surface area contributed by atoms with Crippen molar-refractivity contribution in [1.82, 2.24) is 24.8 Å². The Labute approximate surface area is 91.7 Å². The highest BCUT2D eigenvalue weighted by molar-refractivity contribution is 4.91. The molecular weight excluding hydrogens is 190 g/mol. The van der Waals surface area contributed by atoms with E-state index in [1.54, 1.807) is 4.68 Å². The molecule has 0 aromatic carbocycles. The monoisotopic (exact) mass is 211 g/mol. The van der Waals surface area contributed by atoms with E-state index in [2.05, 4.69) is 41.1 Å². The molecular formula is C10H21N5. The van der Waals surface area contributed by atoms with Crippen LogP contribution in [0.15, 0.2) is 6.20 Å². The van der Waals surface area contributed by atoms with Crippen LogP contribution in [-0.2, 0) is 13.6 Å². The fraction of sp³-hybridized carbons (Fsp3) is 0.800. The number of aromatic nitrogens is 3. The summed E-state index contributed by atoms with van der Waals surface area (Å²) in [7, 11) is 6.08. The molecule has 5 nitrogen and oxygen atoms in total. The molecule has 1 aromatic heterocycles. The summed E-state index contributed by atoms with van der Waals surface area (Å²) in [4.78, 5) is 4.56. The van der Waals surface area contributed by atoms with Crippen molar-refractivity contribution in [3.05, 3.63) is 11.9 Å². The minimum Gasteiger partial charge on any atom is -0.308 e. The molecule has 1 aromatic rings. The van der Waals surface area contributed by atoms with E-state index in [-0.39, 0.29) is 0 Å². The molecule has 0 aliphatic carbocycles. The first-order valence-corrected chi connectivity index (χ1v) is 5.34. The van der Waals surface area contributed by atoms with Crippen molar-refractivity contribution in [3.63, 3.8) is 0 Å². The Morgan fingerprint density at radius 1 is 1.33 bits per heavy atom. The van der Waals surface area contributed by atoms with Crippen molar-refractivity contribution in [2.45, 2.75) is 13.5 Å². The summed E-state index contributed by atoms with van der Waals surface area (Å²) in [6.07, 6.45) is 1.97. The molecule has 0 atom stereocenters. The van der Waals surface area contributed by atoms with Gasteiger partial charge in [-0.05, 0) is 20.6 Å². The number of hydrogen-bond acceptors (Lipinski definition) is 4. The van der Waals surface area contributed by atoms with Crippen LogP contribution in [0.5, 0.6) is 0 Å². The normalized spacial score (nSPS) is 11.6. The first-order valence-electron chi connectivity index (χ1n) is 5.34. The maximum Gasteiger partial charge on any atom is 0.0967 e. The smallest absolute Gasteiger partial charge is 0.0967 e. The van der Waals surface area contributed by atoms with E-state index in [1.807, 2.05) is 13.2 Å². The highest BCUT2D eigenvalue weighted by Crippen LogP contribution is 1.99. The molecule has 5 heteroatoms. The van der Waals surface area contributed by atoms with Crippen LogP contribution in [0, 0.1) is 0 Å². The Bertz CT molecular complexity index is 281. The molecule has 0 unspecified atom stereocenters. The molecule has 0 aliphatic heterocycles. The molecule has 0 aliphatic rings. The molecule has 0 spiro atoms. The van der Waals surface area contributed by atoms with Gasteiger partial charge in [0.25, 0.3) is 0 Å². The second kappa shape index (κ2) is 5.82. The summed E-state index contributed by atoms with van der Waals surface area (Å²) in [5.74, 6) is 0. The quantitative estimate of drug-likeness (QED) is 0.673. The Kier molecular flexibility index (Phi) is 4.71. The van der Waals surface area contributed by atoms with Gasteiger partial charge in [-0.1, -0.05) is 12.1 Å². The Morgan fingerprint density at radius 2 is 2.07 bits per heavy atom. The summed E-state index contributed by atoms with van der Waals surface area (Å²) in [6.45, 7) is 6.25. The van der Waals surface area contributed by atoms with Gasteiger partial charge in [-0.25, -0.2) is 0 Å². The average molecular weight is 211 g/mol. The van der Waals surface area contributed by atoms with Crippen LogP contribution >= 0.6 is 0 Å².